The Morgan fingerprint density at radius 1 is 1.22 bits per heavy atom. The molecule has 0 bridgehead atoms. The molecule has 1 aliphatic rings. The Morgan fingerprint density at radius 2 is 1.91 bits per heavy atom. The fourth-order valence-corrected chi connectivity index (χ4v) is 3.05. The van der Waals surface area contributed by atoms with Crippen LogP contribution in [-0.2, 0) is 13.0 Å². The molecular weight excluding hydrogens is 284 g/mol. The predicted molar refractivity (Wildman–Crippen MR) is 98.9 cm³/mol. The standard InChI is InChI=1S/C19H32N4/c1-5-16-8-6-7-9-17(16)14-22-19(20-4)21-12-13-23(15(2)3)18-10-11-18/h6-9,15,18H,5,10-14H2,1-4H3,(H2,20,21,22). The van der Waals surface area contributed by atoms with Gasteiger partial charge in [0.1, 0.15) is 0 Å². The van der Waals surface area contributed by atoms with Crippen LogP contribution in [-0.4, -0.2) is 43.1 Å². The van der Waals surface area contributed by atoms with Gasteiger partial charge >= 0.3 is 0 Å². The average Bonchev–Trinajstić information content (AvgIpc) is 3.39. The molecular formula is C19H32N4. The van der Waals surface area contributed by atoms with E-state index in [0.717, 1.165) is 38.1 Å². The molecule has 0 aromatic heterocycles. The van der Waals surface area contributed by atoms with E-state index in [9.17, 15) is 0 Å². The number of aliphatic imine (C=N–C) groups is 1. The third-order valence-electron chi connectivity index (χ3n) is 4.51. The molecule has 2 rings (SSSR count). The second-order valence-corrected chi connectivity index (χ2v) is 6.54. The molecule has 23 heavy (non-hydrogen) atoms. The lowest BCUT2D eigenvalue weighted by atomic mass is 10.1. The summed E-state index contributed by atoms with van der Waals surface area (Å²) >= 11 is 0. The van der Waals surface area contributed by atoms with E-state index in [1.54, 1.807) is 0 Å². The van der Waals surface area contributed by atoms with Gasteiger partial charge in [0.2, 0.25) is 0 Å². The van der Waals surface area contributed by atoms with E-state index in [1.165, 1.54) is 24.0 Å². The van der Waals surface area contributed by atoms with Crippen molar-refractivity contribution in [3.8, 4) is 0 Å². The van der Waals surface area contributed by atoms with E-state index in [1.807, 2.05) is 7.05 Å². The molecule has 0 radical (unpaired) electrons. The summed E-state index contributed by atoms with van der Waals surface area (Å²) in [7, 11) is 1.84. The van der Waals surface area contributed by atoms with Gasteiger partial charge in [-0.2, -0.15) is 0 Å². The first-order chi connectivity index (χ1) is 11.2. The summed E-state index contributed by atoms with van der Waals surface area (Å²) in [6.45, 7) is 9.60. The first kappa shape index (κ1) is 17.8. The van der Waals surface area contributed by atoms with Crippen LogP contribution in [0.25, 0.3) is 0 Å². The van der Waals surface area contributed by atoms with E-state index in [-0.39, 0.29) is 0 Å². The molecule has 1 aromatic rings. The Balaban J connectivity index is 1.77. The number of hydrogen-bond donors (Lipinski definition) is 2. The molecule has 4 heteroatoms. The van der Waals surface area contributed by atoms with Crippen LogP contribution in [0.15, 0.2) is 29.3 Å². The van der Waals surface area contributed by atoms with E-state index in [4.69, 9.17) is 0 Å². The topological polar surface area (TPSA) is 39.7 Å². The Hall–Kier alpha value is -1.55. The molecule has 1 fully saturated rings. The SMILES string of the molecule is CCc1ccccc1CNC(=NC)NCCN(C(C)C)C1CC1. The van der Waals surface area contributed by atoms with Gasteiger partial charge in [-0.3, -0.25) is 9.89 Å². The minimum atomic E-state index is 0.621. The Bertz CT molecular complexity index is 504. The van der Waals surface area contributed by atoms with Crippen molar-refractivity contribution in [2.24, 2.45) is 4.99 Å². The number of guanidine groups is 1. The molecule has 0 atom stereocenters. The lowest BCUT2D eigenvalue weighted by Crippen LogP contribution is -2.43. The number of rotatable bonds is 8. The fourth-order valence-electron chi connectivity index (χ4n) is 3.05. The van der Waals surface area contributed by atoms with Crippen molar-refractivity contribution in [1.82, 2.24) is 15.5 Å². The van der Waals surface area contributed by atoms with Crippen LogP contribution in [0.4, 0.5) is 0 Å². The van der Waals surface area contributed by atoms with Crippen molar-refractivity contribution in [1.29, 1.82) is 0 Å². The van der Waals surface area contributed by atoms with Gasteiger partial charge in [-0.1, -0.05) is 31.2 Å². The number of aryl methyl sites for hydroxylation is 1. The van der Waals surface area contributed by atoms with Crippen molar-refractivity contribution in [3.63, 3.8) is 0 Å². The lowest BCUT2D eigenvalue weighted by molar-refractivity contribution is 0.215. The molecule has 4 nitrogen and oxygen atoms in total. The molecule has 1 saturated carbocycles. The largest absolute Gasteiger partial charge is 0.355 e. The van der Waals surface area contributed by atoms with Gasteiger partial charge < -0.3 is 10.6 Å². The van der Waals surface area contributed by atoms with Crippen molar-refractivity contribution in [2.75, 3.05) is 20.1 Å². The highest BCUT2D eigenvalue weighted by molar-refractivity contribution is 5.79. The van der Waals surface area contributed by atoms with Crippen LogP contribution in [0.1, 0.15) is 44.7 Å². The molecule has 1 aromatic carbocycles. The van der Waals surface area contributed by atoms with E-state index in [0.29, 0.717) is 6.04 Å². The number of benzene rings is 1. The molecule has 128 valence electrons. The summed E-state index contributed by atoms with van der Waals surface area (Å²) in [4.78, 5) is 6.93. The quantitative estimate of drug-likeness (QED) is 0.572. The zero-order chi connectivity index (χ0) is 16.7. The molecule has 0 amide bonds. The molecule has 2 N–H and O–H groups in total. The molecule has 1 aliphatic carbocycles. The maximum Gasteiger partial charge on any atom is 0.191 e. The summed E-state index contributed by atoms with van der Waals surface area (Å²) in [6, 6.07) is 10.0. The summed E-state index contributed by atoms with van der Waals surface area (Å²) in [5, 5.41) is 6.87. The summed E-state index contributed by atoms with van der Waals surface area (Å²) < 4.78 is 0. The van der Waals surface area contributed by atoms with Crippen LogP contribution in [0.2, 0.25) is 0 Å². The van der Waals surface area contributed by atoms with Crippen molar-refractivity contribution < 1.29 is 0 Å². The summed E-state index contributed by atoms with van der Waals surface area (Å²) in [5.41, 5.74) is 2.75. The smallest absolute Gasteiger partial charge is 0.191 e. The predicted octanol–water partition coefficient (Wildman–Crippen LogP) is 2.79. The van der Waals surface area contributed by atoms with E-state index < -0.39 is 0 Å². The first-order valence-electron chi connectivity index (χ1n) is 8.92. The number of hydrogen-bond acceptors (Lipinski definition) is 2. The van der Waals surface area contributed by atoms with Crippen molar-refractivity contribution >= 4 is 5.96 Å². The van der Waals surface area contributed by atoms with Crippen LogP contribution in [0.5, 0.6) is 0 Å². The Kier molecular flexibility index (Phi) is 6.90. The summed E-state index contributed by atoms with van der Waals surface area (Å²) in [6.07, 6.45) is 3.78. The highest BCUT2D eigenvalue weighted by Gasteiger charge is 2.30. The third-order valence-corrected chi connectivity index (χ3v) is 4.51. The van der Waals surface area contributed by atoms with Gasteiger partial charge in [0.05, 0.1) is 0 Å². The van der Waals surface area contributed by atoms with Crippen LogP contribution < -0.4 is 10.6 Å². The Labute approximate surface area is 141 Å². The second kappa shape index (κ2) is 8.92. The lowest BCUT2D eigenvalue weighted by Gasteiger charge is -2.26. The highest BCUT2D eigenvalue weighted by atomic mass is 15.2. The molecule has 0 heterocycles. The van der Waals surface area contributed by atoms with Crippen LogP contribution in [0, 0.1) is 0 Å². The average molecular weight is 316 g/mol. The third kappa shape index (κ3) is 5.54. The minimum Gasteiger partial charge on any atom is -0.355 e. The van der Waals surface area contributed by atoms with Gasteiger partial charge in [-0.25, -0.2) is 0 Å². The van der Waals surface area contributed by atoms with Crippen molar-refractivity contribution in [2.45, 2.75) is 58.7 Å². The van der Waals surface area contributed by atoms with Gasteiger partial charge in [0.25, 0.3) is 0 Å². The zero-order valence-corrected chi connectivity index (χ0v) is 15.1. The van der Waals surface area contributed by atoms with Crippen molar-refractivity contribution in [3.05, 3.63) is 35.4 Å². The van der Waals surface area contributed by atoms with Crippen LogP contribution in [0.3, 0.4) is 0 Å². The highest BCUT2D eigenvalue weighted by Crippen LogP contribution is 2.27. The van der Waals surface area contributed by atoms with Gasteiger partial charge in [-0.05, 0) is 44.2 Å². The molecule has 0 saturated heterocycles. The van der Waals surface area contributed by atoms with Gasteiger partial charge in [-0.15, -0.1) is 0 Å². The van der Waals surface area contributed by atoms with E-state index in [2.05, 4.69) is 65.6 Å². The molecule has 0 aliphatic heterocycles. The fraction of sp³-hybridized carbons (Fsp3) is 0.632. The second-order valence-electron chi connectivity index (χ2n) is 6.54. The summed E-state index contributed by atoms with van der Waals surface area (Å²) in [5.74, 6) is 0.885. The van der Waals surface area contributed by atoms with Gasteiger partial charge in [0, 0.05) is 38.8 Å². The maximum absolute atomic E-state index is 4.34. The molecule has 0 unspecified atom stereocenters. The first-order valence-corrected chi connectivity index (χ1v) is 8.92. The Morgan fingerprint density at radius 3 is 2.48 bits per heavy atom. The number of nitrogens with one attached hydrogen (secondary N) is 2. The minimum absolute atomic E-state index is 0.621. The van der Waals surface area contributed by atoms with Gasteiger partial charge in [0.15, 0.2) is 5.96 Å². The number of nitrogens with zero attached hydrogens (tertiary/aromatic N) is 2. The van der Waals surface area contributed by atoms with E-state index >= 15 is 0 Å². The normalized spacial score (nSPS) is 15.3. The maximum atomic E-state index is 4.34. The van der Waals surface area contributed by atoms with Crippen LogP contribution >= 0.6 is 0 Å². The molecule has 0 spiro atoms. The monoisotopic (exact) mass is 316 g/mol. The zero-order valence-electron chi connectivity index (χ0n) is 15.1.